The second kappa shape index (κ2) is 6.27. The summed E-state index contributed by atoms with van der Waals surface area (Å²) in [6.45, 7) is 3.71. The molecule has 0 aromatic heterocycles. The van der Waals surface area contributed by atoms with E-state index in [1.54, 1.807) is 0 Å². The van der Waals surface area contributed by atoms with E-state index in [0.717, 1.165) is 23.5 Å². The highest BCUT2D eigenvalue weighted by Crippen LogP contribution is 2.21. The Morgan fingerprint density at radius 2 is 2.27 bits per heavy atom. The highest BCUT2D eigenvalue weighted by atomic mass is 16.5. The lowest BCUT2D eigenvalue weighted by Gasteiger charge is -2.11. The average Bonchev–Trinajstić information content (AvgIpc) is 2.26. The van der Waals surface area contributed by atoms with E-state index in [4.69, 9.17) is 15.6 Å². The molecule has 84 valence electrons. The second-order valence-corrected chi connectivity index (χ2v) is 3.26. The molecule has 1 aromatic carbocycles. The van der Waals surface area contributed by atoms with Crippen LogP contribution in [0.5, 0.6) is 5.75 Å². The zero-order valence-corrected chi connectivity index (χ0v) is 8.99. The molecule has 0 aliphatic rings. The third-order valence-electron chi connectivity index (χ3n) is 2.03. The minimum atomic E-state index is 0.0272. The molecule has 4 nitrogen and oxygen atoms in total. The molecule has 0 atom stereocenters. The summed E-state index contributed by atoms with van der Waals surface area (Å²) in [5.74, 6) is 0.758. The molecule has 0 aliphatic heterocycles. The quantitative estimate of drug-likeness (QED) is 0.647. The topological polar surface area (TPSA) is 67.5 Å². The van der Waals surface area contributed by atoms with Crippen LogP contribution in [0.15, 0.2) is 18.2 Å². The summed E-state index contributed by atoms with van der Waals surface area (Å²) in [6, 6.07) is 5.78. The van der Waals surface area contributed by atoms with Crippen LogP contribution >= 0.6 is 0 Å². The van der Waals surface area contributed by atoms with Crippen LogP contribution < -0.4 is 15.8 Å². The number of aryl methyl sites for hydroxylation is 1. The maximum absolute atomic E-state index is 8.64. The summed E-state index contributed by atoms with van der Waals surface area (Å²) in [5, 5.41) is 11.8. The Balaban J connectivity index is 2.66. The smallest absolute Gasteiger partial charge is 0.121 e. The molecule has 1 rings (SSSR count). The van der Waals surface area contributed by atoms with Crippen molar-refractivity contribution in [2.75, 3.05) is 31.6 Å². The average molecular weight is 210 g/mol. The van der Waals surface area contributed by atoms with Gasteiger partial charge in [-0.25, -0.2) is 0 Å². The molecule has 0 saturated carbocycles. The van der Waals surface area contributed by atoms with Crippen LogP contribution in [0.3, 0.4) is 0 Å². The first-order chi connectivity index (χ1) is 7.27. The predicted molar refractivity (Wildman–Crippen MR) is 61.3 cm³/mol. The first-order valence-corrected chi connectivity index (χ1v) is 5.06. The Kier molecular flexibility index (Phi) is 4.93. The molecule has 0 saturated heterocycles. The Hall–Kier alpha value is -1.26. The fraction of sp³-hybridized carbons (Fsp3) is 0.455. The van der Waals surface area contributed by atoms with Gasteiger partial charge >= 0.3 is 0 Å². The van der Waals surface area contributed by atoms with Gasteiger partial charge in [0.1, 0.15) is 12.4 Å². The van der Waals surface area contributed by atoms with Crippen molar-refractivity contribution in [2.24, 2.45) is 5.73 Å². The van der Waals surface area contributed by atoms with Crippen molar-refractivity contribution in [1.29, 1.82) is 0 Å². The number of anilines is 1. The lowest BCUT2D eigenvalue weighted by atomic mass is 10.2. The number of hydrogen-bond donors (Lipinski definition) is 3. The maximum atomic E-state index is 8.64. The van der Waals surface area contributed by atoms with Crippen LogP contribution in [-0.2, 0) is 0 Å². The molecule has 4 heteroatoms. The van der Waals surface area contributed by atoms with Gasteiger partial charge in [0.15, 0.2) is 0 Å². The van der Waals surface area contributed by atoms with Crippen molar-refractivity contribution in [2.45, 2.75) is 6.92 Å². The van der Waals surface area contributed by atoms with E-state index >= 15 is 0 Å². The van der Waals surface area contributed by atoms with Gasteiger partial charge in [-0.15, -0.1) is 0 Å². The van der Waals surface area contributed by atoms with Crippen LogP contribution in [0.1, 0.15) is 5.56 Å². The van der Waals surface area contributed by atoms with Gasteiger partial charge < -0.3 is 20.9 Å². The molecule has 4 N–H and O–H groups in total. The van der Waals surface area contributed by atoms with Crippen LogP contribution in [0.25, 0.3) is 0 Å². The molecule has 0 spiro atoms. The van der Waals surface area contributed by atoms with Gasteiger partial charge in [-0.2, -0.15) is 0 Å². The van der Waals surface area contributed by atoms with Crippen LogP contribution in [0.2, 0.25) is 0 Å². The fourth-order valence-corrected chi connectivity index (χ4v) is 1.25. The van der Waals surface area contributed by atoms with Crippen molar-refractivity contribution in [1.82, 2.24) is 0 Å². The molecule has 0 heterocycles. The molecule has 0 fully saturated rings. The van der Waals surface area contributed by atoms with E-state index in [0.29, 0.717) is 13.2 Å². The SMILES string of the molecule is Cc1ccc(OCCO)cc1NCCN. The van der Waals surface area contributed by atoms with Gasteiger partial charge in [0, 0.05) is 24.8 Å². The predicted octanol–water partition coefficient (Wildman–Crippen LogP) is 0.737. The summed E-state index contributed by atoms with van der Waals surface area (Å²) in [4.78, 5) is 0. The van der Waals surface area contributed by atoms with Crippen LogP contribution in [0.4, 0.5) is 5.69 Å². The van der Waals surface area contributed by atoms with Crippen molar-refractivity contribution < 1.29 is 9.84 Å². The van der Waals surface area contributed by atoms with E-state index in [-0.39, 0.29) is 6.61 Å². The lowest BCUT2D eigenvalue weighted by Crippen LogP contribution is -2.13. The minimum absolute atomic E-state index is 0.0272. The summed E-state index contributed by atoms with van der Waals surface area (Å²) in [7, 11) is 0. The molecule has 0 aliphatic carbocycles. The molecular weight excluding hydrogens is 192 g/mol. The summed E-state index contributed by atoms with van der Waals surface area (Å²) >= 11 is 0. The molecule has 0 bridgehead atoms. The number of nitrogens with two attached hydrogens (primary N) is 1. The van der Waals surface area contributed by atoms with Gasteiger partial charge in [0.2, 0.25) is 0 Å². The highest BCUT2D eigenvalue weighted by Gasteiger charge is 2.00. The molecule has 0 amide bonds. The van der Waals surface area contributed by atoms with Crippen molar-refractivity contribution in [3.63, 3.8) is 0 Å². The number of benzene rings is 1. The summed E-state index contributed by atoms with van der Waals surface area (Å²) in [6.07, 6.45) is 0. The number of hydrogen-bond acceptors (Lipinski definition) is 4. The normalized spacial score (nSPS) is 10.1. The number of nitrogens with one attached hydrogen (secondary N) is 1. The standard InChI is InChI=1S/C11H18N2O2/c1-9-2-3-10(15-7-6-14)8-11(9)13-5-4-12/h2-3,8,13-14H,4-7,12H2,1H3. The van der Waals surface area contributed by atoms with E-state index in [1.807, 2.05) is 25.1 Å². The second-order valence-electron chi connectivity index (χ2n) is 3.26. The monoisotopic (exact) mass is 210 g/mol. The molecule has 1 aromatic rings. The fourth-order valence-electron chi connectivity index (χ4n) is 1.25. The first kappa shape index (κ1) is 11.8. The van der Waals surface area contributed by atoms with Crippen molar-refractivity contribution in [3.8, 4) is 5.75 Å². The Bertz CT molecular complexity index is 303. The van der Waals surface area contributed by atoms with Gasteiger partial charge in [-0.3, -0.25) is 0 Å². The first-order valence-electron chi connectivity index (χ1n) is 5.06. The number of rotatable bonds is 6. The summed E-state index contributed by atoms with van der Waals surface area (Å²) < 4.78 is 5.31. The third kappa shape index (κ3) is 3.77. The largest absolute Gasteiger partial charge is 0.491 e. The van der Waals surface area contributed by atoms with E-state index in [2.05, 4.69) is 5.32 Å². The van der Waals surface area contributed by atoms with Gasteiger partial charge in [0.25, 0.3) is 0 Å². The summed E-state index contributed by atoms with van der Waals surface area (Å²) in [5.41, 5.74) is 7.59. The molecular formula is C11H18N2O2. The van der Waals surface area contributed by atoms with Gasteiger partial charge in [0.05, 0.1) is 6.61 Å². The van der Waals surface area contributed by atoms with Crippen molar-refractivity contribution in [3.05, 3.63) is 23.8 Å². The zero-order chi connectivity index (χ0) is 11.1. The van der Waals surface area contributed by atoms with Crippen LogP contribution in [-0.4, -0.2) is 31.4 Å². The Morgan fingerprint density at radius 3 is 2.93 bits per heavy atom. The maximum Gasteiger partial charge on any atom is 0.121 e. The van der Waals surface area contributed by atoms with E-state index in [9.17, 15) is 0 Å². The Labute approximate surface area is 90.1 Å². The van der Waals surface area contributed by atoms with E-state index < -0.39 is 0 Å². The van der Waals surface area contributed by atoms with Crippen molar-refractivity contribution >= 4 is 5.69 Å². The highest BCUT2D eigenvalue weighted by molar-refractivity contribution is 5.54. The molecule has 0 unspecified atom stereocenters. The van der Waals surface area contributed by atoms with Gasteiger partial charge in [-0.1, -0.05) is 6.07 Å². The van der Waals surface area contributed by atoms with Crippen LogP contribution in [0, 0.1) is 6.92 Å². The molecule has 0 radical (unpaired) electrons. The lowest BCUT2D eigenvalue weighted by molar-refractivity contribution is 0.201. The number of aliphatic hydroxyl groups excluding tert-OH is 1. The van der Waals surface area contributed by atoms with E-state index in [1.165, 1.54) is 0 Å². The third-order valence-corrected chi connectivity index (χ3v) is 2.03. The van der Waals surface area contributed by atoms with Gasteiger partial charge in [-0.05, 0) is 18.6 Å². The zero-order valence-electron chi connectivity index (χ0n) is 8.99. The molecule has 15 heavy (non-hydrogen) atoms. The number of ether oxygens (including phenoxy) is 1. The minimum Gasteiger partial charge on any atom is -0.491 e. The Morgan fingerprint density at radius 1 is 1.47 bits per heavy atom. The number of aliphatic hydroxyl groups is 1.